The van der Waals surface area contributed by atoms with Gasteiger partial charge in [0.15, 0.2) is 0 Å². The summed E-state index contributed by atoms with van der Waals surface area (Å²) in [6, 6.07) is 17.8. The van der Waals surface area contributed by atoms with Crippen LogP contribution in [0, 0.1) is 17.0 Å². The quantitative estimate of drug-likeness (QED) is 0.301. The molecule has 1 heterocycles. The van der Waals surface area contributed by atoms with Crippen LogP contribution in [-0.2, 0) is 10.0 Å². The van der Waals surface area contributed by atoms with Crippen LogP contribution in [0.3, 0.4) is 0 Å². The summed E-state index contributed by atoms with van der Waals surface area (Å²) in [7, 11) is -2.21. The average molecular weight is 449 g/mol. The van der Waals surface area contributed by atoms with Crippen molar-refractivity contribution in [2.45, 2.75) is 11.8 Å². The number of anilines is 1. The van der Waals surface area contributed by atoms with E-state index in [-0.39, 0.29) is 10.6 Å². The summed E-state index contributed by atoms with van der Waals surface area (Å²) in [4.78, 5) is 15.0. The number of nitrogens with zero attached hydrogens (tertiary/aromatic N) is 3. The molecular weight excluding hydrogens is 430 g/mol. The zero-order chi connectivity index (χ0) is 22.9. The number of rotatable bonds is 6. The van der Waals surface area contributed by atoms with Gasteiger partial charge in [-0.15, -0.1) is 0 Å². The first kappa shape index (κ1) is 21.3. The number of benzene rings is 3. The molecule has 0 amide bonds. The first-order valence-electron chi connectivity index (χ1n) is 9.62. The van der Waals surface area contributed by atoms with Gasteiger partial charge in [-0.05, 0) is 55.5 Å². The largest absolute Gasteiger partial charge is 0.457 e. The van der Waals surface area contributed by atoms with E-state index < -0.39 is 14.9 Å². The normalized spacial score (nSPS) is 11.3. The van der Waals surface area contributed by atoms with Gasteiger partial charge < -0.3 is 4.74 Å². The van der Waals surface area contributed by atoms with E-state index in [2.05, 4.69) is 4.98 Å². The lowest BCUT2D eigenvalue weighted by molar-refractivity contribution is -0.383. The van der Waals surface area contributed by atoms with Crippen molar-refractivity contribution in [1.29, 1.82) is 0 Å². The number of fused-ring (bicyclic) bond motifs is 1. The maximum absolute atomic E-state index is 12.9. The Kier molecular flexibility index (Phi) is 5.50. The Hall–Kier alpha value is -3.98. The molecule has 0 aliphatic heterocycles. The van der Waals surface area contributed by atoms with E-state index in [1.54, 1.807) is 54.6 Å². The first-order valence-corrected chi connectivity index (χ1v) is 11.1. The van der Waals surface area contributed by atoms with Crippen molar-refractivity contribution in [3.8, 4) is 11.5 Å². The van der Waals surface area contributed by atoms with Gasteiger partial charge in [-0.1, -0.05) is 17.7 Å². The Morgan fingerprint density at radius 2 is 1.62 bits per heavy atom. The van der Waals surface area contributed by atoms with Gasteiger partial charge in [0.2, 0.25) is 0 Å². The summed E-state index contributed by atoms with van der Waals surface area (Å²) in [6.45, 7) is 1.89. The van der Waals surface area contributed by atoms with Gasteiger partial charge in [-0.3, -0.25) is 19.4 Å². The molecule has 0 aliphatic carbocycles. The van der Waals surface area contributed by atoms with Gasteiger partial charge in [0.25, 0.3) is 15.7 Å². The third-order valence-electron chi connectivity index (χ3n) is 5.06. The number of aromatic nitrogens is 1. The third-order valence-corrected chi connectivity index (χ3v) is 6.86. The van der Waals surface area contributed by atoms with Crippen molar-refractivity contribution in [3.63, 3.8) is 0 Å². The molecule has 8 nitrogen and oxygen atoms in total. The Bertz CT molecular complexity index is 1400. The van der Waals surface area contributed by atoms with Crippen LogP contribution in [0.4, 0.5) is 11.4 Å². The Morgan fingerprint density at radius 1 is 0.938 bits per heavy atom. The molecule has 0 aliphatic rings. The van der Waals surface area contributed by atoms with Gasteiger partial charge >= 0.3 is 0 Å². The van der Waals surface area contributed by atoms with Crippen LogP contribution < -0.4 is 9.04 Å². The molecule has 0 saturated heterocycles. The number of nitro groups is 1. The molecule has 0 bridgehead atoms. The van der Waals surface area contributed by atoms with Crippen LogP contribution in [0.15, 0.2) is 84.0 Å². The molecule has 32 heavy (non-hydrogen) atoms. The summed E-state index contributed by atoms with van der Waals surface area (Å²) < 4.78 is 32.9. The number of pyridine rings is 1. The van der Waals surface area contributed by atoms with Gasteiger partial charge in [-0.2, -0.15) is 0 Å². The first-order chi connectivity index (χ1) is 15.3. The van der Waals surface area contributed by atoms with E-state index >= 15 is 0 Å². The standard InChI is InChI=1S/C23H19N3O5S/c1-16-3-9-19(10-4-16)32(29,30)25(2)17-5-7-18(8-6-17)31-23-12-11-22(26(27)28)21-15-24-14-13-20(21)23/h3-15H,1-2H3. The smallest absolute Gasteiger partial charge is 0.279 e. The van der Waals surface area contributed by atoms with E-state index in [1.165, 1.54) is 35.9 Å². The number of ether oxygens (including phenoxy) is 1. The molecule has 0 saturated carbocycles. The average Bonchev–Trinajstić information content (AvgIpc) is 2.79. The molecule has 162 valence electrons. The Labute approximate surface area is 184 Å². The van der Waals surface area contributed by atoms with Gasteiger partial charge in [0.1, 0.15) is 11.5 Å². The lowest BCUT2D eigenvalue weighted by atomic mass is 10.1. The number of sulfonamides is 1. The number of nitro benzene ring substituents is 1. The van der Waals surface area contributed by atoms with Crippen LogP contribution >= 0.6 is 0 Å². The molecule has 3 aromatic carbocycles. The maximum atomic E-state index is 12.9. The minimum absolute atomic E-state index is 0.0567. The van der Waals surface area contributed by atoms with Crippen LogP contribution in [0.1, 0.15) is 5.56 Å². The van der Waals surface area contributed by atoms with Crippen LogP contribution in [0.2, 0.25) is 0 Å². The number of hydrogen-bond acceptors (Lipinski definition) is 6. The van der Waals surface area contributed by atoms with Crippen molar-refractivity contribution in [2.75, 3.05) is 11.4 Å². The van der Waals surface area contributed by atoms with Crippen LogP contribution in [0.25, 0.3) is 10.8 Å². The fraction of sp³-hybridized carbons (Fsp3) is 0.0870. The molecule has 0 unspecified atom stereocenters. The highest BCUT2D eigenvalue weighted by molar-refractivity contribution is 7.92. The van der Waals surface area contributed by atoms with E-state index in [1.807, 2.05) is 6.92 Å². The third kappa shape index (κ3) is 3.97. The zero-order valence-corrected chi connectivity index (χ0v) is 18.1. The monoisotopic (exact) mass is 449 g/mol. The summed E-state index contributed by atoms with van der Waals surface area (Å²) in [6.07, 6.45) is 2.96. The van der Waals surface area contributed by atoms with Gasteiger partial charge in [0.05, 0.1) is 20.9 Å². The number of hydrogen-bond donors (Lipinski definition) is 0. The predicted molar refractivity (Wildman–Crippen MR) is 122 cm³/mol. The highest BCUT2D eigenvalue weighted by Gasteiger charge is 2.21. The lowest BCUT2D eigenvalue weighted by Crippen LogP contribution is -2.26. The highest BCUT2D eigenvalue weighted by atomic mass is 32.2. The minimum atomic E-state index is -3.70. The van der Waals surface area contributed by atoms with Crippen molar-refractivity contribution in [2.24, 2.45) is 0 Å². The summed E-state index contributed by atoms with van der Waals surface area (Å²) in [5, 5.41) is 12.2. The van der Waals surface area contributed by atoms with Gasteiger partial charge in [-0.25, -0.2) is 8.42 Å². The zero-order valence-electron chi connectivity index (χ0n) is 17.3. The van der Waals surface area contributed by atoms with E-state index in [9.17, 15) is 18.5 Å². The van der Waals surface area contributed by atoms with Crippen LogP contribution in [0.5, 0.6) is 11.5 Å². The van der Waals surface area contributed by atoms with Crippen molar-refractivity contribution in [1.82, 2.24) is 4.98 Å². The number of non-ortho nitro benzene ring substituents is 1. The molecule has 1 aromatic heterocycles. The Morgan fingerprint density at radius 3 is 2.28 bits per heavy atom. The van der Waals surface area contributed by atoms with E-state index in [0.717, 1.165) is 5.56 Å². The maximum Gasteiger partial charge on any atom is 0.279 e. The SMILES string of the molecule is Cc1ccc(S(=O)(=O)N(C)c2ccc(Oc3ccc([N+](=O)[O-])c4cnccc34)cc2)cc1. The molecule has 0 spiro atoms. The predicted octanol–water partition coefficient (Wildman–Crippen LogP) is 5.07. The molecular formula is C23H19N3O5S. The summed E-state index contributed by atoms with van der Waals surface area (Å²) in [5.41, 5.74) is 1.39. The highest BCUT2D eigenvalue weighted by Crippen LogP contribution is 2.35. The van der Waals surface area contributed by atoms with Gasteiger partial charge in [0, 0.05) is 30.9 Å². The van der Waals surface area contributed by atoms with E-state index in [0.29, 0.717) is 28.0 Å². The van der Waals surface area contributed by atoms with Crippen molar-refractivity contribution >= 4 is 32.2 Å². The second-order valence-corrected chi connectivity index (χ2v) is 9.11. The molecule has 0 radical (unpaired) electrons. The topological polar surface area (TPSA) is 103 Å². The van der Waals surface area contributed by atoms with E-state index in [4.69, 9.17) is 4.74 Å². The molecule has 0 N–H and O–H groups in total. The van der Waals surface area contributed by atoms with Crippen molar-refractivity contribution in [3.05, 3.63) is 94.8 Å². The minimum Gasteiger partial charge on any atom is -0.457 e. The molecule has 0 fully saturated rings. The fourth-order valence-corrected chi connectivity index (χ4v) is 4.45. The molecule has 9 heteroatoms. The van der Waals surface area contributed by atoms with Crippen LogP contribution in [-0.4, -0.2) is 25.4 Å². The summed E-state index contributed by atoms with van der Waals surface area (Å²) in [5.74, 6) is 0.892. The Balaban J connectivity index is 1.60. The molecule has 4 rings (SSSR count). The molecule has 4 aromatic rings. The fourth-order valence-electron chi connectivity index (χ4n) is 3.25. The second kappa shape index (κ2) is 8.27. The van der Waals surface area contributed by atoms with Crippen molar-refractivity contribution < 1.29 is 18.1 Å². The summed E-state index contributed by atoms with van der Waals surface area (Å²) >= 11 is 0. The molecule has 0 atom stereocenters. The second-order valence-electron chi connectivity index (χ2n) is 7.14. The number of aryl methyl sites for hydroxylation is 1. The lowest BCUT2D eigenvalue weighted by Gasteiger charge is -2.20.